The van der Waals surface area contributed by atoms with E-state index in [9.17, 15) is 9.59 Å². The van der Waals surface area contributed by atoms with Crippen LogP contribution in [0.1, 0.15) is 34.1 Å². The van der Waals surface area contributed by atoms with Crippen LogP contribution < -0.4 is 0 Å². The van der Waals surface area contributed by atoms with Gasteiger partial charge < -0.3 is 40.1 Å². The highest BCUT2D eigenvalue weighted by Gasteiger charge is 2.11. The summed E-state index contributed by atoms with van der Waals surface area (Å²) < 4.78 is 0. The summed E-state index contributed by atoms with van der Waals surface area (Å²) in [5.41, 5.74) is 0. The number of aliphatic hydroxyl groups excluding tert-OH is 3. The van der Waals surface area contributed by atoms with Crippen LogP contribution >= 0.6 is 0 Å². The van der Waals surface area contributed by atoms with Crippen molar-refractivity contribution in [3.8, 4) is 6.07 Å². The van der Waals surface area contributed by atoms with E-state index in [-0.39, 0.29) is 53.8 Å². The third-order valence-corrected chi connectivity index (χ3v) is 2.05. The zero-order valence-electron chi connectivity index (χ0n) is 13.8. The van der Waals surface area contributed by atoms with Gasteiger partial charge in [0.25, 0.3) is 0 Å². The molecule has 0 heterocycles. The van der Waals surface area contributed by atoms with Gasteiger partial charge in [0.1, 0.15) is 18.3 Å². The van der Waals surface area contributed by atoms with Gasteiger partial charge in [-0.15, -0.1) is 0 Å². The predicted octanol–water partition coefficient (Wildman–Crippen LogP) is 0.935. The van der Waals surface area contributed by atoms with Crippen LogP contribution in [0, 0.1) is 31.0 Å². The van der Waals surface area contributed by atoms with E-state index in [0.717, 1.165) is 0 Å². The van der Waals surface area contributed by atoms with E-state index >= 15 is 0 Å². The molecule has 0 fully saturated rings. The molecule has 0 aromatic heterocycles. The highest BCUT2D eigenvalue weighted by Crippen LogP contribution is 1.91. The second-order valence-corrected chi connectivity index (χ2v) is 4.54. The zero-order chi connectivity index (χ0) is 21.0. The van der Waals surface area contributed by atoms with Gasteiger partial charge in [0.15, 0.2) is 0 Å². The first-order valence-electron chi connectivity index (χ1n) is 6.98. The van der Waals surface area contributed by atoms with Gasteiger partial charge in [-0.3, -0.25) is 9.59 Å². The SMILES string of the molecule is C.C.[C-]#[15N+]C[C@H](O)CC(=O)O.[C-]#[N+]C[C@@H](O)CC#[15N].[C-]#[N+]C[C@@H](O)CC(=O)O. The van der Waals surface area contributed by atoms with Crippen LogP contribution in [0.15, 0.2) is 0 Å². The normalized spacial score (nSPS) is 11.0. The van der Waals surface area contributed by atoms with E-state index < -0.39 is 30.3 Å². The Labute approximate surface area is 165 Å². The highest BCUT2D eigenvalue weighted by molar-refractivity contribution is 5.67. The number of nitrogens with zero attached hydrogens (tertiary/aromatic N) is 4. The standard InChI is InChI=1S/C5H6N2O.2C5H7NO3.2CH4/c1-7-4-5(8)2-3-6;2*1-6-3-4(7)2-5(8)9;;/h5,8H,2,4H2;2*4,7H,2-3H2,(H,8,9);2*1H4/t5-;2*4-;;/m010../s1/i2*6+1;;;. The molecular weight excluding hydrogens is 374 g/mol. The number of hydrogen-bond acceptors (Lipinski definition) is 6. The summed E-state index contributed by atoms with van der Waals surface area (Å²) in [6, 6.07) is 1.76. The number of aliphatic hydroxyl groups is 3. The molecule has 0 aromatic rings. The Morgan fingerprint density at radius 3 is 1.29 bits per heavy atom. The van der Waals surface area contributed by atoms with Crippen LogP contribution in [0.4, 0.5) is 0 Å². The third-order valence-electron chi connectivity index (χ3n) is 2.05. The molecule has 0 radical (unpaired) electrons. The average Bonchev–Trinajstić information content (AvgIpc) is 2.48. The van der Waals surface area contributed by atoms with Gasteiger partial charge in [-0.1, -0.05) is 14.9 Å². The molecule has 0 aromatic carbocycles. The van der Waals surface area contributed by atoms with E-state index in [4.69, 9.17) is 50.5 Å². The van der Waals surface area contributed by atoms with Crippen LogP contribution in [-0.4, -0.2) is 75.4 Å². The largest absolute Gasteiger partial charge is 0.481 e. The number of carboxylic acids is 2. The van der Waals surface area contributed by atoms with Crippen molar-refractivity contribution in [3.63, 3.8) is 0 Å². The zero-order valence-corrected chi connectivity index (χ0v) is 13.8. The first-order valence-corrected chi connectivity index (χ1v) is 6.98. The van der Waals surface area contributed by atoms with Gasteiger partial charge >= 0.3 is 11.9 Å². The second-order valence-electron chi connectivity index (χ2n) is 4.54. The predicted molar refractivity (Wildman–Crippen MR) is 101 cm³/mol. The molecule has 0 unspecified atom stereocenters. The molecule has 158 valence electrons. The maximum Gasteiger partial charge on any atom is 0.306 e. The first-order chi connectivity index (χ1) is 12.1. The Balaban J connectivity index is -0.0000000914. The van der Waals surface area contributed by atoms with E-state index in [1.54, 1.807) is 6.07 Å². The molecule has 0 rings (SSSR count). The van der Waals surface area contributed by atoms with Gasteiger partial charge in [-0.2, -0.15) is 5.26 Å². The lowest BCUT2D eigenvalue weighted by Crippen LogP contribution is -2.14. The molecule has 0 aliphatic carbocycles. The van der Waals surface area contributed by atoms with Crippen molar-refractivity contribution in [3.05, 3.63) is 34.3 Å². The summed E-state index contributed by atoms with van der Waals surface area (Å²) in [4.78, 5) is 28.2. The van der Waals surface area contributed by atoms with Gasteiger partial charge in [0, 0.05) is 0 Å². The second kappa shape index (κ2) is 26.0. The Bertz CT molecular complexity index is 520. The third kappa shape index (κ3) is 38.4. The maximum absolute atomic E-state index is 9.82. The Kier molecular flexibility index (Phi) is 33.3. The van der Waals surface area contributed by atoms with Crippen molar-refractivity contribution >= 4 is 11.9 Å². The average molecular weight is 402 g/mol. The molecule has 11 nitrogen and oxygen atoms in total. The summed E-state index contributed by atoms with van der Waals surface area (Å²) in [5.74, 6) is -2.16. The van der Waals surface area contributed by atoms with Crippen molar-refractivity contribution in [2.45, 2.75) is 52.4 Å². The topological polar surface area (TPSA) is 172 Å². The van der Waals surface area contributed by atoms with Gasteiger partial charge in [0.2, 0.25) is 19.6 Å². The number of carbonyl (C=O) groups is 2. The summed E-state index contributed by atoms with van der Waals surface area (Å²) in [6.45, 7) is 18.5. The van der Waals surface area contributed by atoms with Crippen molar-refractivity contribution in [1.82, 2.24) is 0 Å². The fourth-order valence-corrected chi connectivity index (χ4v) is 1.02. The monoisotopic (exact) mass is 402 g/mol. The summed E-state index contributed by atoms with van der Waals surface area (Å²) in [6.07, 6.45) is -3.41. The van der Waals surface area contributed by atoms with Gasteiger partial charge in [0.05, 0.1) is 25.3 Å². The lowest BCUT2D eigenvalue weighted by molar-refractivity contribution is -0.140. The molecule has 0 aliphatic rings. The van der Waals surface area contributed by atoms with Gasteiger partial charge in [-0.25, -0.2) is 19.7 Å². The van der Waals surface area contributed by atoms with Crippen LogP contribution in [-0.2, 0) is 9.59 Å². The number of nitriles is 1. The first kappa shape index (κ1) is 35.8. The molecule has 0 bridgehead atoms. The van der Waals surface area contributed by atoms with E-state index in [1.165, 1.54) is 0 Å². The molecule has 0 amide bonds. The number of carboxylic acid groups (broad SMARTS) is 2. The highest BCUT2D eigenvalue weighted by atomic mass is 16.4. The minimum Gasteiger partial charge on any atom is -0.481 e. The maximum atomic E-state index is 9.82. The Hall–Kier alpha value is -3.22. The molecule has 0 saturated heterocycles. The molecule has 28 heavy (non-hydrogen) atoms. The quantitative estimate of drug-likeness (QED) is 0.295. The number of hydrogen-bond donors (Lipinski definition) is 5. The molecular formula is C17H28N4O7. The Morgan fingerprint density at radius 1 is 0.786 bits per heavy atom. The lowest BCUT2D eigenvalue weighted by Gasteiger charge is -1.96. The summed E-state index contributed by atoms with van der Waals surface area (Å²) in [5, 5.41) is 49.9. The van der Waals surface area contributed by atoms with E-state index in [0.29, 0.717) is 0 Å². The van der Waals surface area contributed by atoms with Crippen molar-refractivity contribution < 1.29 is 35.1 Å². The van der Waals surface area contributed by atoms with E-state index in [2.05, 4.69) is 14.5 Å². The molecule has 3 atom stereocenters. The smallest absolute Gasteiger partial charge is 0.306 e. The number of aliphatic carboxylic acids is 2. The van der Waals surface area contributed by atoms with Crippen LogP contribution in [0.2, 0.25) is 0 Å². The van der Waals surface area contributed by atoms with Gasteiger partial charge in [-0.05, 0) is 0 Å². The van der Waals surface area contributed by atoms with E-state index in [1.807, 2.05) is 0 Å². The molecule has 0 saturated carbocycles. The Morgan fingerprint density at radius 2 is 1.07 bits per heavy atom. The van der Waals surface area contributed by atoms with Crippen molar-refractivity contribution in [2.75, 3.05) is 19.6 Å². The van der Waals surface area contributed by atoms with Crippen molar-refractivity contribution in [2.24, 2.45) is 0 Å². The minimum absolute atomic E-state index is 0. The summed E-state index contributed by atoms with van der Waals surface area (Å²) in [7, 11) is 0. The van der Waals surface area contributed by atoms with Crippen LogP contribution in [0.25, 0.3) is 14.5 Å². The molecule has 0 aliphatic heterocycles. The molecule has 0 spiro atoms. The van der Waals surface area contributed by atoms with Crippen LogP contribution in [0.3, 0.4) is 0 Å². The van der Waals surface area contributed by atoms with Crippen molar-refractivity contribution in [1.29, 1.82) is 5.26 Å². The molecule has 11 heteroatoms. The minimum atomic E-state index is -1.08. The van der Waals surface area contributed by atoms with Crippen LogP contribution in [0.5, 0.6) is 0 Å². The number of rotatable bonds is 8. The fourth-order valence-electron chi connectivity index (χ4n) is 1.02. The lowest BCUT2D eigenvalue weighted by atomic mass is 10.3. The molecule has 5 N–H and O–H groups in total. The fraction of sp³-hybridized carbons (Fsp3) is 0.647. The summed E-state index contributed by atoms with van der Waals surface area (Å²) >= 11 is 0.